The summed E-state index contributed by atoms with van der Waals surface area (Å²) < 4.78 is 10.9. The zero-order valence-corrected chi connectivity index (χ0v) is 16.4. The highest BCUT2D eigenvalue weighted by atomic mass is 16.6. The summed E-state index contributed by atoms with van der Waals surface area (Å²) in [5.74, 6) is 4.99. The van der Waals surface area contributed by atoms with Gasteiger partial charge in [0.15, 0.2) is 0 Å². The third-order valence-corrected chi connectivity index (χ3v) is 5.04. The molecule has 0 unspecified atom stereocenters. The maximum atomic E-state index is 12.1. The van der Waals surface area contributed by atoms with Crippen LogP contribution in [0.25, 0.3) is 11.3 Å². The first kappa shape index (κ1) is 19.9. The molecule has 2 aliphatic rings. The monoisotopic (exact) mass is 407 g/mol. The lowest BCUT2D eigenvalue weighted by atomic mass is 10.0. The maximum Gasteiger partial charge on any atom is 0.267 e. The molecule has 8 heteroatoms. The number of rotatable bonds is 4. The lowest BCUT2D eigenvalue weighted by Crippen LogP contribution is -2.38. The van der Waals surface area contributed by atoms with Gasteiger partial charge in [0.25, 0.3) is 11.8 Å². The zero-order valence-electron chi connectivity index (χ0n) is 16.4. The number of carbonyl (C=O) groups is 2. The number of pyridine rings is 1. The van der Waals surface area contributed by atoms with Gasteiger partial charge in [-0.05, 0) is 12.1 Å². The minimum atomic E-state index is -1.67. The van der Waals surface area contributed by atoms with E-state index in [1.54, 1.807) is 31.3 Å². The number of hydrogen-bond donors (Lipinski definition) is 2. The molecular formula is C22H21N3O5. The highest BCUT2D eigenvalue weighted by Crippen LogP contribution is 2.26. The van der Waals surface area contributed by atoms with Crippen molar-refractivity contribution in [3.8, 4) is 28.8 Å². The highest BCUT2D eigenvalue weighted by Gasteiger charge is 2.42. The second-order valence-corrected chi connectivity index (χ2v) is 7.38. The average molecular weight is 407 g/mol. The van der Waals surface area contributed by atoms with Crippen molar-refractivity contribution >= 4 is 11.8 Å². The Kier molecular flexibility index (Phi) is 5.16. The van der Waals surface area contributed by atoms with E-state index in [0.29, 0.717) is 42.3 Å². The van der Waals surface area contributed by atoms with Crippen LogP contribution in [-0.4, -0.2) is 65.3 Å². The van der Waals surface area contributed by atoms with Gasteiger partial charge >= 0.3 is 0 Å². The molecule has 1 atom stereocenters. The lowest BCUT2D eigenvalue weighted by Gasteiger charge is -2.27. The van der Waals surface area contributed by atoms with Crippen molar-refractivity contribution in [3.63, 3.8) is 0 Å². The number of aromatic nitrogens is 1. The molecular weight excluding hydrogens is 386 g/mol. The fourth-order valence-electron chi connectivity index (χ4n) is 3.22. The number of benzene rings is 1. The molecule has 0 saturated carbocycles. The first-order valence-corrected chi connectivity index (χ1v) is 9.52. The van der Waals surface area contributed by atoms with Gasteiger partial charge in [-0.2, -0.15) is 0 Å². The van der Waals surface area contributed by atoms with Crippen molar-refractivity contribution in [2.75, 3.05) is 26.8 Å². The quantitative estimate of drug-likeness (QED) is 0.716. The molecule has 0 spiro atoms. The molecule has 2 aliphatic heterocycles. The van der Waals surface area contributed by atoms with Crippen LogP contribution in [-0.2, 0) is 9.53 Å². The number of likely N-dealkylation sites (tertiary alicyclic amines) is 1. The molecule has 3 heterocycles. The second-order valence-electron chi connectivity index (χ2n) is 7.38. The third-order valence-electron chi connectivity index (χ3n) is 5.04. The molecule has 154 valence electrons. The molecule has 3 N–H and O–H groups in total. The van der Waals surface area contributed by atoms with Crippen LogP contribution in [0.3, 0.4) is 0 Å². The van der Waals surface area contributed by atoms with Crippen molar-refractivity contribution in [2.45, 2.75) is 18.1 Å². The average Bonchev–Trinajstić information content (AvgIpc) is 2.97. The first-order valence-electron chi connectivity index (χ1n) is 9.52. The molecule has 2 saturated heterocycles. The Morgan fingerprint density at radius 2 is 2.17 bits per heavy atom. The number of amides is 2. The molecule has 2 amide bonds. The molecule has 2 fully saturated rings. The predicted molar refractivity (Wildman–Crippen MR) is 108 cm³/mol. The fraction of sp³-hybridized carbons (Fsp3) is 0.318. The number of nitrogens with zero attached hydrogens (tertiary/aromatic N) is 2. The SMILES string of the molecule is CN1CC[C@@](O)(C#Cc2cccc(-c3cc(OC4COC4)cc(C(N)=O)n3)c2)C1=O. The van der Waals surface area contributed by atoms with Gasteiger partial charge in [-0.25, -0.2) is 4.98 Å². The number of nitrogens with two attached hydrogens (primary N) is 1. The maximum absolute atomic E-state index is 12.1. The van der Waals surface area contributed by atoms with E-state index in [4.69, 9.17) is 15.2 Å². The van der Waals surface area contributed by atoms with E-state index in [-0.39, 0.29) is 18.2 Å². The summed E-state index contributed by atoms with van der Waals surface area (Å²) in [5, 5.41) is 10.5. The molecule has 4 rings (SSSR count). The Bertz CT molecular complexity index is 1070. The van der Waals surface area contributed by atoms with Gasteiger partial charge in [-0.3, -0.25) is 9.59 Å². The number of carbonyl (C=O) groups excluding carboxylic acids is 2. The van der Waals surface area contributed by atoms with Crippen LogP contribution in [0.2, 0.25) is 0 Å². The van der Waals surface area contributed by atoms with Gasteiger partial charge in [-0.1, -0.05) is 24.0 Å². The fourth-order valence-corrected chi connectivity index (χ4v) is 3.22. The van der Waals surface area contributed by atoms with Crippen LogP contribution in [0.5, 0.6) is 5.75 Å². The largest absolute Gasteiger partial charge is 0.485 e. The van der Waals surface area contributed by atoms with E-state index in [9.17, 15) is 14.7 Å². The summed E-state index contributed by atoms with van der Waals surface area (Å²) in [4.78, 5) is 29.6. The first-order chi connectivity index (χ1) is 14.3. The summed E-state index contributed by atoms with van der Waals surface area (Å²) in [6.07, 6.45) is 0.198. The van der Waals surface area contributed by atoms with Crippen molar-refractivity contribution < 1.29 is 24.2 Å². The van der Waals surface area contributed by atoms with E-state index in [2.05, 4.69) is 16.8 Å². The zero-order chi connectivity index (χ0) is 21.3. The molecule has 0 radical (unpaired) electrons. The van der Waals surface area contributed by atoms with Crippen LogP contribution < -0.4 is 10.5 Å². The topological polar surface area (TPSA) is 115 Å². The standard InChI is InChI=1S/C22H21N3O5/c1-25-8-7-22(28,21(25)27)6-5-14-3-2-4-15(9-14)18-10-16(30-17-12-29-13-17)11-19(24-18)20(23)26/h2-4,9-11,17,28H,7-8,12-13H2,1H3,(H2,23,26)/t22-/m0/s1. The molecule has 30 heavy (non-hydrogen) atoms. The minimum Gasteiger partial charge on any atom is -0.485 e. The molecule has 1 aromatic carbocycles. The summed E-state index contributed by atoms with van der Waals surface area (Å²) in [6.45, 7) is 1.44. The summed E-state index contributed by atoms with van der Waals surface area (Å²) >= 11 is 0. The number of hydrogen-bond acceptors (Lipinski definition) is 6. The number of ether oxygens (including phenoxy) is 2. The van der Waals surface area contributed by atoms with Crippen LogP contribution in [0, 0.1) is 11.8 Å². The summed E-state index contributed by atoms with van der Waals surface area (Å²) in [5.41, 5.74) is 5.65. The number of aliphatic hydroxyl groups is 1. The Morgan fingerprint density at radius 1 is 1.37 bits per heavy atom. The summed E-state index contributed by atoms with van der Waals surface area (Å²) in [6, 6.07) is 10.4. The van der Waals surface area contributed by atoms with Crippen molar-refractivity contribution in [1.82, 2.24) is 9.88 Å². The van der Waals surface area contributed by atoms with Crippen LogP contribution in [0.1, 0.15) is 22.5 Å². The van der Waals surface area contributed by atoms with Crippen molar-refractivity contribution in [3.05, 3.63) is 47.7 Å². The van der Waals surface area contributed by atoms with Crippen LogP contribution in [0.15, 0.2) is 36.4 Å². The van der Waals surface area contributed by atoms with Gasteiger partial charge in [0.1, 0.15) is 17.5 Å². The van der Waals surface area contributed by atoms with Gasteiger partial charge in [-0.15, -0.1) is 0 Å². The minimum absolute atomic E-state index is 0.0685. The lowest BCUT2D eigenvalue weighted by molar-refractivity contribution is -0.137. The van der Waals surface area contributed by atoms with Crippen molar-refractivity contribution in [2.24, 2.45) is 5.73 Å². The smallest absolute Gasteiger partial charge is 0.267 e. The summed E-state index contributed by atoms with van der Waals surface area (Å²) in [7, 11) is 1.63. The van der Waals surface area contributed by atoms with E-state index >= 15 is 0 Å². The van der Waals surface area contributed by atoms with Gasteiger partial charge < -0.3 is 25.2 Å². The van der Waals surface area contributed by atoms with Crippen LogP contribution in [0.4, 0.5) is 0 Å². The van der Waals surface area contributed by atoms with E-state index < -0.39 is 17.4 Å². The molecule has 1 aromatic heterocycles. The second kappa shape index (κ2) is 7.78. The van der Waals surface area contributed by atoms with Crippen LogP contribution >= 0.6 is 0 Å². The van der Waals surface area contributed by atoms with E-state index in [1.807, 2.05) is 6.07 Å². The van der Waals surface area contributed by atoms with Gasteiger partial charge in [0.2, 0.25) is 5.60 Å². The molecule has 2 aromatic rings. The Hall–Kier alpha value is -3.41. The Labute approximate surface area is 173 Å². The predicted octanol–water partition coefficient (Wildman–Crippen LogP) is 0.570. The van der Waals surface area contributed by atoms with E-state index in [1.165, 1.54) is 11.0 Å². The Morgan fingerprint density at radius 3 is 2.80 bits per heavy atom. The van der Waals surface area contributed by atoms with E-state index in [0.717, 1.165) is 0 Å². The van der Waals surface area contributed by atoms with Gasteiger partial charge in [0, 0.05) is 43.3 Å². The Balaban J connectivity index is 1.64. The molecule has 8 nitrogen and oxygen atoms in total. The highest BCUT2D eigenvalue weighted by molar-refractivity contribution is 5.92. The number of likely N-dealkylation sites (N-methyl/N-ethyl adjacent to an activating group) is 1. The number of primary amides is 1. The molecule has 0 bridgehead atoms. The normalized spacial score (nSPS) is 21.0. The molecule has 0 aliphatic carbocycles. The third kappa shape index (κ3) is 3.99. The van der Waals surface area contributed by atoms with Crippen molar-refractivity contribution in [1.29, 1.82) is 0 Å². The van der Waals surface area contributed by atoms with Gasteiger partial charge in [0.05, 0.1) is 18.9 Å².